The van der Waals surface area contributed by atoms with Gasteiger partial charge in [0.05, 0.1) is 28.7 Å². The van der Waals surface area contributed by atoms with Crippen molar-refractivity contribution in [2.45, 2.75) is 30.8 Å². The maximum atomic E-state index is 12.7. The Bertz CT molecular complexity index is 1480. The Kier molecular flexibility index (Phi) is 5.89. The highest BCUT2D eigenvalue weighted by molar-refractivity contribution is 7.90. The second-order valence-corrected chi connectivity index (χ2v) is 10.4. The molecule has 35 heavy (non-hydrogen) atoms. The van der Waals surface area contributed by atoms with Gasteiger partial charge in [-0.3, -0.25) is 9.78 Å². The van der Waals surface area contributed by atoms with E-state index in [1.165, 1.54) is 30.9 Å². The van der Waals surface area contributed by atoms with Gasteiger partial charge in [0.25, 0.3) is 5.91 Å². The van der Waals surface area contributed by atoms with Crippen LogP contribution in [-0.4, -0.2) is 74.4 Å². The number of hydrogen-bond donors (Lipinski definition) is 0. The number of carbonyl (C=O) groups is 1. The van der Waals surface area contributed by atoms with Gasteiger partial charge >= 0.3 is 0 Å². The number of carbonyl (C=O) groups excluding carboxylic acids is 1. The highest BCUT2D eigenvalue weighted by Gasteiger charge is 2.26. The first-order chi connectivity index (χ1) is 16.8. The number of nitrogens with zero attached hydrogens (tertiary/aromatic N) is 7. The fourth-order valence-corrected chi connectivity index (χ4v) is 4.57. The van der Waals surface area contributed by atoms with Gasteiger partial charge in [0.15, 0.2) is 15.5 Å². The predicted molar refractivity (Wildman–Crippen MR) is 126 cm³/mol. The summed E-state index contributed by atoms with van der Waals surface area (Å²) in [5.41, 5.74) is 2.32. The number of aromatic nitrogens is 6. The zero-order valence-electron chi connectivity index (χ0n) is 19.2. The Morgan fingerprint density at radius 1 is 1.00 bits per heavy atom. The molecule has 12 heteroatoms. The van der Waals surface area contributed by atoms with E-state index in [0.29, 0.717) is 54.2 Å². The van der Waals surface area contributed by atoms with Crippen molar-refractivity contribution in [3.63, 3.8) is 0 Å². The molecule has 4 aromatic rings. The molecule has 0 atom stereocenters. The molecule has 0 aliphatic carbocycles. The fourth-order valence-electron chi connectivity index (χ4n) is 3.94. The molecule has 0 radical (unpaired) electrons. The smallest absolute Gasteiger partial charge is 0.274 e. The van der Waals surface area contributed by atoms with Gasteiger partial charge in [-0.2, -0.15) is 5.10 Å². The van der Waals surface area contributed by atoms with E-state index < -0.39 is 9.84 Å². The highest BCUT2D eigenvalue weighted by Crippen LogP contribution is 2.26. The summed E-state index contributed by atoms with van der Waals surface area (Å²) in [5, 5.41) is 5.05. The Morgan fingerprint density at radius 2 is 1.74 bits per heavy atom. The SMILES string of the molecule is Cc1cnc(C(=O)N2CCC(Oc3ncnc4c3cnn4-c3ccc(S(C)(=O)=O)cc3)CC2)cn1. The minimum atomic E-state index is -3.29. The summed E-state index contributed by atoms with van der Waals surface area (Å²) in [4.78, 5) is 31.6. The largest absolute Gasteiger partial charge is 0.474 e. The molecule has 1 saturated heterocycles. The lowest BCUT2D eigenvalue weighted by molar-refractivity contribution is 0.0585. The van der Waals surface area contributed by atoms with Gasteiger partial charge in [-0.1, -0.05) is 0 Å². The Balaban J connectivity index is 1.29. The second-order valence-electron chi connectivity index (χ2n) is 8.39. The summed E-state index contributed by atoms with van der Waals surface area (Å²) >= 11 is 0. The van der Waals surface area contributed by atoms with Crippen LogP contribution in [0, 0.1) is 6.92 Å². The van der Waals surface area contributed by atoms with Crippen molar-refractivity contribution in [1.82, 2.24) is 34.6 Å². The van der Waals surface area contributed by atoms with E-state index in [2.05, 4.69) is 25.0 Å². The lowest BCUT2D eigenvalue weighted by atomic mass is 10.1. The third-order valence-corrected chi connectivity index (χ3v) is 6.97. The minimum absolute atomic E-state index is 0.112. The number of piperidine rings is 1. The molecule has 1 fully saturated rings. The Morgan fingerprint density at radius 3 is 2.40 bits per heavy atom. The van der Waals surface area contributed by atoms with Crippen LogP contribution >= 0.6 is 0 Å². The third kappa shape index (κ3) is 4.69. The van der Waals surface area contributed by atoms with Crippen LogP contribution < -0.4 is 4.74 Å². The number of sulfone groups is 1. The minimum Gasteiger partial charge on any atom is -0.474 e. The van der Waals surface area contributed by atoms with Crippen molar-refractivity contribution in [3.05, 3.63) is 60.6 Å². The molecule has 0 saturated carbocycles. The fraction of sp³-hybridized carbons (Fsp3) is 0.304. The molecule has 1 aliphatic rings. The van der Waals surface area contributed by atoms with Crippen LogP contribution in [-0.2, 0) is 9.84 Å². The van der Waals surface area contributed by atoms with Gasteiger partial charge in [-0.15, -0.1) is 0 Å². The summed E-state index contributed by atoms with van der Waals surface area (Å²) in [6.45, 7) is 2.91. The first-order valence-corrected chi connectivity index (χ1v) is 12.9. The van der Waals surface area contributed by atoms with Gasteiger partial charge in [-0.05, 0) is 31.2 Å². The lowest BCUT2D eigenvalue weighted by Crippen LogP contribution is -2.42. The van der Waals surface area contributed by atoms with Crippen molar-refractivity contribution in [1.29, 1.82) is 0 Å². The lowest BCUT2D eigenvalue weighted by Gasteiger charge is -2.31. The number of benzene rings is 1. The van der Waals surface area contributed by atoms with Crippen LogP contribution in [0.2, 0.25) is 0 Å². The van der Waals surface area contributed by atoms with Crippen LogP contribution in [0.25, 0.3) is 16.7 Å². The number of likely N-dealkylation sites (tertiary alicyclic amines) is 1. The molecular weight excluding hydrogens is 470 g/mol. The molecule has 0 N–H and O–H groups in total. The molecule has 4 heterocycles. The van der Waals surface area contributed by atoms with Gasteiger partial charge in [0.1, 0.15) is 23.5 Å². The quantitative estimate of drug-likeness (QED) is 0.409. The Labute approximate surface area is 201 Å². The van der Waals surface area contributed by atoms with Crippen LogP contribution in [0.15, 0.2) is 54.1 Å². The van der Waals surface area contributed by atoms with E-state index in [0.717, 1.165) is 5.69 Å². The normalized spacial score (nSPS) is 14.9. The zero-order chi connectivity index (χ0) is 24.6. The van der Waals surface area contributed by atoms with Gasteiger partial charge in [0, 0.05) is 38.4 Å². The predicted octanol–water partition coefficient (Wildman–Crippen LogP) is 2.00. The maximum Gasteiger partial charge on any atom is 0.274 e. The van der Waals surface area contributed by atoms with E-state index in [-0.39, 0.29) is 16.9 Å². The van der Waals surface area contributed by atoms with Crippen LogP contribution in [0.1, 0.15) is 29.0 Å². The standard InChI is InChI=1S/C23H23N7O4S/c1-15-11-25-20(13-24-15)23(31)29-9-7-17(8-10-29)34-22-19-12-28-30(21(19)26-14-27-22)16-3-5-18(6-4-16)35(2,32)33/h3-6,11-14,17H,7-10H2,1-2H3. The summed E-state index contributed by atoms with van der Waals surface area (Å²) in [5.74, 6) is 0.284. The number of amides is 1. The summed E-state index contributed by atoms with van der Waals surface area (Å²) in [6.07, 6.45) is 8.49. The summed E-state index contributed by atoms with van der Waals surface area (Å²) < 4.78 is 31.3. The first kappa shape index (κ1) is 22.8. The van der Waals surface area contributed by atoms with Crippen LogP contribution in [0.5, 0.6) is 5.88 Å². The molecular formula is C23H23N7O4S. The summed E-state index contributed by atoms with van der Waals surface area (Å²) in [6, 6.07) is 6.43. The number of fused-ring (bicyclic) bond motifs is 1. The number of rotatable bonds is 5. The van der Waals surface area contributed by atoms with Crippen molar-refractivity contribution in [3.8, 4) is 11.6 Å². The van der Waals surface area contributed by atoms with E-state index >= 15 is 0 Å². The van der Waals surface area contributed by atoms with Crippen molar-refractivity contribution in [2.24, 2.45) is 0 Å². The summed E-state index contributed by atoms with van der Waals surface area (Å²) in [7, 11) is -3.29. The van der Waals surface area contributed by atoms with Crippen LogP contribution in [0.3, 0.4) is 0 Å². The molecule has 3 aromatic heterocycles. The molecule has 180 valence electrons. The molecule has 0 bridgehead atoms. The number of aryl methyl sites for hydroxylation is 1. The van der Waals surface area contributed by atoms with Gasteiger partial charge < -0.3 is 9.64 Å². The molecule has 11 nitrogen and oxygen atoms in total. The second kappa shape index (κ2) is 9.02. The molecule has 1 amide bonds. The average Bonchev–Trinajstić information content (AvgIpc) is 3.29. The molecule has 1 aromatic carbocycles. The molecule has 0 unspecified atom stereocenters. The van der Waals surface area contributed by atoms with E-state index in [9.17, 15) is 13.2 Å². The van der Waals surface area contributed by atoms with E-state index in [1.54, 1.807) is 34.1 Å². The Hall–Kier alpha value is -3.93. The number of hydrogen-bond acceptors (Lipinski definition) is 9. The first-order valence-electron chi connectivity index (χ1n) is 11.0. The van der Waals surface area contributed by atoms with Crippen molar-refractivity contribution in [2.75, 3.05) is 19.3 Å². The molecule has 1 aliphatic heterocycles. The highest BCUT2D eigenvalue weighted by atomic mass is 32.2. The van der Waals surface area contributed by atoms with Crippen molar-refractivity contribution < 1.29 is 17.9 Å². The average molecular weight is 494 g/mol. The number of ether oxygens (including phenoxy) is 1. The van der Waals surface area contributed by atoms with Crippen LogP contribution in [0.4, 0.5) is 0 Å². The third-order valence-electron chi connectivity index (χ3n) is 5.85. The molecule has 5 rings (SSSR count). The van der Waals surface area contributed by atoms with Gasteiger partial charge in [0.2, 0.25) is 5.88 Å². The molecule has 0 spiro atoms. The topological polar surface area (TPSA) is 133 Å². The maximum absolute atomic E-state index is 12.7. The van der Waals surface area contributed by atoms with Crippen molar-refractivity contribution >= 4 is 26.8 Å². The van der Waals surface area contributed by atoms with E-state index in [1.807, 2.05) is 6.92 Å². The van der Waals surface area contributed by atoms with Gasteiger partial charge in [-0.25, -0.2) is 28.1 Å². The monoisotopic (exact) mass is 493 g/mol. The van der Waals surface area contributed by atoms with E-state index in [4.69, 9.17) is 4.74 Å². The zero-order valence-corrected chi connectivity index (χ0v) is 20.0.